The summed E-state index contributed by atoms with van der Waals surface area (Å²) in [5, 5.41) is 6.29. The number of pyridine rings is 1. The quantitative estimate of drug-likeness (QED) is 0.407. The Morgan fingerprint density at radius 1 is 1.26 bits per heavy atom. The first-order chi connectivity index (χ1) is 15.1. The molecule has 0 aliphatic heterocycles. The number of anilines is 1. The number of methoxy groups -OCH3 is 1. The monoisotopic (exact) mass is 439 g/mol. The average Bonchev–Trinajstić information content (AvgIpc) is 3.30. The van der Waals surface area contributed by atoms with Crippen molar-refractivity contribution in [3.63, 3.8) is 0 Å². The molecule has 0 atom stereocenters. The van der Waals surface area contributed by atoms with E-state index < -0.39 is 0 Å². The summed E-state index contributed by atoms with van der Waals surface area (Å²) in [6.45, 7) is 3.36. The van der Waals surface area contributed by atoms with E-state index in [0.717, 1.165) is 22.6 Å². The Balaban J connectivity index is 1.67. The highest BCUT2D eigenvalue weighted by molar-refractivity contribution is 7.19. The van der Waals surface area contributed by atoms with Gasteiger partial charge in [-0.05, 0) is 42.8 Å². The third kappa shape index (κ3) is 4.42. The fraction of sp³-hybridized carbons (Fsp3) is 0.227. The van der Waals surface area contributed by atoms with Gasteiger partial charge >= 0.3 is 0 Å². The zero-order valence-electron chi connectivity index (χ0n) is 17.2. The molecule has 4 aromatic rings. The van der Waals surface area contributed by atoms with Crippen molar-refractivity contribution in [2.75, 3.05) is 25.6 Å². The molecule has 0 radical (unpaired) electrons. The van der Waals surface area contributed by atoms with Crippen LogP contribution in [-0.4, -0.2) is 40.5 Å². The van der Waals surface area contributed by atoms with Crippen LogP contribution in [0.5, 0.6) is 0 Å². The molecule has 2 N–H and O–H groups in total. The molecule has 0 aliphatic carbocycles. The maximum Gasteiger partial charge on any atom is 0.263 e. The van der Waals surface area contributed by atoms with E-state index in [9.17, 15) is 9.18 Å². The van der Waals surface area contributed by atoms with Crippen molar-refractivity contribution in [2.45, 2.75) is 13.5 Å². The predicted octanol–water partition coefficient (Wildman–Crippen LogP) is 3.89. The molecule has 0 unspecified atom stereocenters. The van der Waals surface area contributed by atoms with Gasteiger partial charge in [-0.25, -0.2) is 9.37 Å². The fourth-order valence-corrected chi connectivity index (χ4v) is 4.31. The van der Waals surface area contributed by atoms with E-state index in [4.69, 9.17) is 9.72 Å². The maximum atomic E-state index is 13.4. The largest absolute Gasteiger partial charge is 0.383 e. The Morgan fingerprint density at radius 3 is 2.77 bits per heavy atom. The van der Waals surface area contributed by atoms with Gasteiger partial charge in [0, 0.05) is 43.9 Å². The van der Waals surface area contributed by atoms with Gasteiger partial charge in [0.2, 0.25) is 0 Å². The van der Waals surface area contributed by atoms with Gasteiger partial charge in [0.05, 0.1) is 6.61 Å². The minimum Gasteiger partial charge on any atom is -0.383 e. The molecule has 0 spiro atoms. The molecular formula is C22H22FN5O2S. The van der Waals surface area contributed by atoms with Gasteiger partial charge in [0.25, 0.3) is 5.91 Å². The molecule has 31 heavy (non-hydrogen) atoms. The van der Waals surface area contributed by atoms with Gasteiger partial charge < -0.3 is 15.4 Å². The molecule has 160 valence electrons. The number of imidazole rings is 1. The number of amides is 1. The van der Waals surface area contributed by atoms with Crippen LogP contribution < -0.4 is 10.6 Å². The molecule has 0 aliphatic rings. The summed E-state index contributed by atoms with van der Waals surface area (Å²) in [5.41, 5.74) is 3.20. The van der Waals surface area contributed by atoms with Gasteiger partial charge in [-0.2, -0.15) is 0 Å². The molecule has 1 amide bonds. The zero-order chi connectivity index (χ0) is 21.8. The van der Waals surface area contributed by atoms with E-state index in [-0.39, 0.29) is 11.7 Å². The smallest absolute Gasteiger partial charge is 0.263 e. The lowest BCUT2D eigenvalue weighted by atomic mass is 10.1. The third-order valence-electron chi connectivity index (χ3n) is 4.80. The Kier molecular flexibility index (Phi) is 6.24. The Morgan fingerprint density at radius 2 is 2.06 bits per heavy atom. The van der Waals surface area contributed by atoms with E-state index in [2.05, 4.69) is 15.6 Å². The first-order valence-corrected chi connectivity index (χ1v) is 10.6. The van der Waals surface area contributed by atoms with Crippen molar-refractivity contribution >= 4 is 28.0 Å². The van der Waals surface area contributed by atoms with E-state index in [0.29, 0.717) is 35.2 Å². The molecule has 7 nitrogen and oxygen atoms in total. The Labute approximate surface area is 182 Å². The Hall–Kier alpha value is -3.30. The van der Waals surface area contributed by atoms with Crippen molar-refractivity contribution in [3.8, 4) is 11.3 Å². The number of rotatable bonds is 8. The van der Waals surface area contributed by atoms with Crippen molar-refractivity contribution in [3.05, 3.63) is 70.7 Å². The number of hydrogen-bond acceptors (Lipinski definition) is 6. The molecule has 0 fully saturated rings. The number of aryl methyl sites for hydroxylation is 1. The lowest BCUT2D eigenvalue weighted by Crippen LogP contribution is -2.22. The van der Waals surface area contributed by atoms with Gasteiger partial charge in [-0.15, -0.1) is 0 Å². The number of halogens is 1. The number of nitrogens with zero attached hydrogens (tertiary/aromatic N) is 3. The lowest BCUT2D eigenvalue weighted by Gasteiger charge is -2.09. The van der Waals surface area contributed by atoms with Crippen molar-refractivity contribution < 1.29 is 13.9 Å². The SMILES string of the molecule is COCCNc1c(-c2ccc(F)cc2)nc2sc(C(=O)NCc3cccnc3)c(C)n12. The molecule has 4 rings (SSSR count). The second kappa shape index (κ2) is 9.23. The summed E-state index contributed by atoms with van der Waals surface area (Å²) in [6, 6.07) is 9.95. The number of nitrogens with one attached hydrogen (secondary N) is 2. The molecule has 0 saturated heterocycles. The van der Waals surface area contributed by atoms with Crippen LogP contribution in [-0.2, 0) is 11.3 Å². The van der Waals surface area contributed by atoms with Crippen LogP contribution in [0.25, 0.3) is 16.2 Å². The van der Waals surface area contributed by atoms with Gasteiger partial charge in [0.15, 0.2) is 4.96 Å². The highest BCUT2D eigenvalue weighted by atomic mass is 32.1. The minimum absolute atomic E-state index is 0.164. The molecule has 3 aromatic heterocycles. The van der Waals surface area contributed by atoms with E-state index in [1.165, 1.54) is 23.5 Å². The van der Waals surface area contributed by atoms with Crippen LogP contribution in [0.15, 0.2) is 48.8 Å². The molecule has 1 aromatic carbocycles. The lowest BCUT2D eigenvalue weighted by molar-refractivity contribution is 0.0954. The summed E-state index contributed by atoms with van der Waals surface area (Å²) < 4.78 is 20.5. The van der Waals surface area contributed by atoms with Gasteiger partial charge in [-0.3, -0.25) is 14.2 Å². The van der Waals surface area contributed by atoms with Crippen LogP contribution in [0, 0.1) is 12.7 Å². The minimum atomic E-state index is -0.303. The first kappa shape index (κ1) is 21.0. The topological polar surface area (TPSA) is 80.5 Å². The van der Waals surface area contributed by atoms with E-state index >= 15 is 0 Å². The predicted molar refractivity (Wildman–Crippen MR) is 119 cm³/mol. The number of ether oxygens (including phenoxy) is 1. The molecule has 9 heteroatoms. The number of hydrogen-bond donors (Lipinski definition) is 2. The second-order valence-electron chi connectivity index (χ2n) is 6.91. The molecular weight excluding hydrogens is 417 g/mol. The Bertz CT molecular complexity index is 1190. The number of benzene rings is 1. The summed E-state index contributed by atoms with van der Waals surface area (Å²) in [6.07, 6.45) is 3.42. The van der Waals surface area contributed by atoms with E-state index in [1.807, 2.05) is 23.5 Å². The fourth-order valence-electron chi connectivity index (χ4n) is 3.27. The number of aromatic nitrogens is 3. The summed E-state index contributed by atoms with van der Waals surface area (Å²) >= 11 is 1.32. The van der Waals surface area contributed by atoms with Gasteiger partial charge in [0.1, 0.15) is 22.2 Å². The normalized spacial score (nSPS) is 11.1. The summed E-state index contributed by atoms with van der Waals surface area (Å²) in [4.78, 5) is 22.9. The molecule has 3 heterocycles. The number of thiazole rings is 1. The number of carbonyl (C=O) groups excluding carboxylic acids is 1. The van der Waals surface area contributed by atoms with E-state index in [1.54, 1.807) is 31.6 Å². The van der Waals surface area contributed by atoms with Crippen molar-refractivity contribution in [1.82, 2.24) is 19.7 Å². The van der Waals surface area contributed by atoms with Crippen molar-refractivity contribution in [2.24, 2.45) is 0 Å². The van der Waals surface area contributed by atoms with Crippen LogP contribution in [0.2, 0.25) is 0 Å². The summed E-state index contributed by atoms with van der Waals surface area (Å²) in [5.74, 6) is 0.282. The summed E-state index contributed by atoms with van der Waals surface area (Å²) in [7, 11) is 1.63. The average molecular weight is 440 g/mol. The highest BCUT2D eigenvalue weighted by Crippen LogP contribution is 2.34. The van der Waals surface area contributed by atoms with Crippen LogP contribution in [0.4, 0.5) is 10.2 Å². The van der Waals surface area contributed by atoms with Crippen LogP contribution in [0.3, 0.4) is 0 Å². The highest BCUT2D eigenvalue weighted by Gasteiger charge is 2.22. The van der Waals surface area contributed by atoms with Crippen LogP contribution in [0.1, 0.15) is 20.9 Å². The second-order valence-corrected chi connectivity index (χ2v) is 7.89. The molecule has 0 bridgehead atoms. The molecule has 0 saturated carbocycles. The zero-order valence-corrected chi connectivity index (χ0v) is 18.0. The first-order valence-electron chi connectivity index (χ1n) is 9.76. The standard InChI is InChI=1S/C22H22FN5O2S/c1-14-19(21(29)26-13-15-4-3-9-24-12-15)31-22-27-18(16-5-7-17(23)8-6-16)20(28(14)22)25-10-11-30-2/h3-9,12,25H,10-11,13H2,1-2H3,(H,26,29). The third-order valence-corrected chi connectivity index (χ3v) is 5.94. The van der Waals surface area contributed by atoms with Gasteiger partial charge in [-0.1, -0.05) is 17.4 Å². The maximum absolute atomic E-state index is 13.4. The number of fused-ring (bicyclic) bond motifs is 1. The van der Waals surface area contributed by atoms with Crippen molar-refractivity contribution in [1.29, 1.82) is 0 Å². The van der Waals surface area contributed by atoms with Crippen LogP contribution >= 0.6 is 11.3 Å². The number of carbonyl (C=O) groups is 1.